The highest BCUT2D eigenvalue weighted by Gasteiger charge is 2.28. The summed E-state index contributed by atoms with van der Waals surface area (Å²) in [6, 6.07) is -0.321. The second-order valence-corrected chi connectivity index (χ2v) is 5.73. The summed E-state index contributed by atoms with van der Waals surface area (Å²) in [5.41, 5.74) is 0. The summed E-state index contributed by atoms with van der Waals surface area (Å²) in [6.45, 7) is 6.88. The predicted molar refractivity (Wildman–Crippen MR) is 78.5 cm³/mol. The van der Waals surface area contributed by atoms with Crippen LogP contribution >= 0.6 is 0 Å². The summed E-state index contributed by atoms with van der Waals surface area (Å²) in [5.74, 6) is -0.826. The summed E-state index contributed by atoms with van der Waals surface area (Å²) in [4.78, 5) is 25.4. The van der Waals surface area contributed by atoms with E-state index in [9.17, 15) is 14.7 Å². The number of hydrogen-bond acceptors (Lipinski definition) is 3. The predicted octanol–water partition coefficient (Wildman–Crippen LogP) is 1.87. The van der Waals surface area contributed by atoms with Gasteiger partial charge in [0.2, 0.25) is 5.91 Å². The van der Waals surface area contributed by atoms with Crippen molar-refractivity contribution in [1.29, 1.82) is 0 Å². The van der Waals surface area contributed by atoms with E-state index in [0.29, 0.717) is 6.04 Å². The molecule has 5 nitrogen and oxygen atoms in total. The number of aliphatic carboxylic acids is 1. The highest BCUT2D eigenvalue weighted by molar-refractivity contribution is 5.80. The third-order valence-electron chi connectivity index (χ3n) is 4.37. The maximum atomic E-state index is 12.3. The van der Waals surface area contributed by atoms with Gasteiger partial charge >= 0.3 is 5.97 Å². The van der Waals surface area contributed by atoms with Gasteiger partial charge in [-0.2, -0.15) is 0 Å². The van der Waals surface area contributed by atoms with Crippen LogP contribution in [0.1, 0.15) is 52.9 Å². The summed E-state index contributed by atoms with van der Waals surface area (Å²) < 4.78 is 0. The molecule has 1 aliphatic rings. The van der Waals surface area contributed by atoms with Crippen molar-refractivity contribution in [3.8, 4) is 0 Å². The molecule has 1 saturated heterocycles. The number of rotatable bonds is 7. The molecule has 0 radical (unpaired) electrons. The molecule has 0 aromatic carbocycles. The molecule has 5 heteroatoms. The minimum atomic E-state index is -0.877. The fourth-order valence-electron chi connectivity index (χ4n) is 2.82. The molecular weight excluding hydrogens is 256 g/mol. The van der Waals surface area contributed by atoms with E-state index in [0.717, 1.165) is 32.2 Å². The first-order valence-electron chi connectivity index (χ1n) is 7.76. The molecule has 2 N–H and O–H groups in total. The smallest absolute Gasteiger partial charge is 0.320 e. The SMILES string of the molecule is CCC1CCCCN1C(=O)CN[C@H](C(=O)O)[C@@H](C)CC. The van der Waals surface area contributed by atoms with Crippen molar-refractivity contribution in [3.63, 3.8) is 0 Å². The average molecular weight is 284 g/mol. The molecule has 1 amide bonds. The molecule has 0 bridgehead atoms. The number of carboxylic acid groups (broad SMARTS) is 1. The fourth-order valence-corrected chi connectivity index (χ4v) is 2.82. The molecule has 0 spiro atoms. The van der Waals surface area contributed by atoms with Crippen molar-refractivity contribution >= 4 is 11.9 Å². The van der Waals surface area contributed by atoms with Crippen LogP contribution in [0.15, 0.2) is 0 Å². The van der Waals surface area contributed by atoms with Crippen LogP contribution in [0.5, 0.6) is 0 Å². The van der Waals surface area contributed by atoms with Gasteiger partial charge in [-0.05, 0) is 31.6 Å². The number of hydrogen-bond donors (Lipinski definition) is 2. The lowest BCUT2D eigenvalue weighted by molar-refractivity contribution is -0.141. The monoisotopic (exact) mass is 284 g/mol. The van der Waals surface area contributed by atoms with Crippen LogP contribution in [0.2, 0.25) is 0 Å². The number of nitrogens with zero attached hydrogens (tertiary/aromatic N) is 1. The Morgan fingerprint density at radius 3 is 2.60 bits per heavy atom. The molecule has 3 atom stereocenters. The standard InChI is InChI=1S/C15H28N2O3/c1-4-11(3)14(15(19)20)16-10-13(18)17-9-7-6-8-12(17)5-2/h11-12,14,16H,4-10H2,1-3H3,(H,19,20)/t11-,12?,14-/m0/s1. The van der Waals surface area contributed by atoms with Gasteiger partial charge in [0, 0.05) is 12.6 Å². The van der Waals surface area contributed by atoms with Gasteiger partial charge in [-0.1, -0.05) is 27.2 Å². The van der Waals surface area contributed by atoms with Crippen molar-refractivity contribution in [3.05, 3.63) is 0 Å². The van der Waals surface area contributed by atoms with Crippen LogP contribution in [-0.4, -0.2) is 47.1 Å². The van der Waals surface area contributed by atoms with Crippen LogP contribution < -0.4 is 5.32 Å². The van der Waals surface area contributed by atoms with Gasteiger partial charge in [-0.25, -0.2) is 0 Å². The molecule has 0 saturated carbocycles. The lowest BCUT2D eigenvalue weighted by Gasteiger charge is -2.35. The number of carbonyl (C=O) groups excluding carboxylic acids is 1. The van der Waals surface area contributed by atoms with Gasteiger partial charge in [-0.15, -0.1) is 0 Å². The second-order valence-electron chi connectivity index (χ2n) is 5.73. The Bertz CT molecular complexity index is 333. The zero-order valence-electron chi connectivity index (χ0n) is 12.9. The van der Waals surface area contributed by atoms with Crippen LogP contribution in [0.3, 0.4) is 0 Å². The molecule has 116 valence electrons. The zero-order valence-corrected chi connectivity index (χ0v) is 12.9. The Kier molecular flexibility index (Phi) is 6.99. The minimum Gasteiger partial charge on any atom is -0.480 e. The minimum absolute atomic E-state index is 0.0172. The van der Waals surface area contributed by atoms with Crippen LogP contribution in [-0.2, 0) is 9.59 Å². The molecule has 0 aromatic heterocycles. The first-order valence-corrected chi connectivity index (χ1v) is 7.76. The van der Waals surface area contributed by atoms with Gasteiger partial charge in [-0.3, -0.25) is 14.9 Å². The maximum Gasteiger partial charge on any atom is 0.320 e. The first-order chi connectivity index (χ1) is 9.51. The number of amides is 1. The Labute approximate surface area is 121 Å². The molecule has 20 heavy (non-hydrogen) atoms. The van der Waals surface area contributed by atoms with Gasteiger partial charge in [0.05, 0.1) is 6.54 Å². The largest absolute Gasteiger partial charge is 0.480 e. The molecule has 1 fully saturated rings. The Hall–Kier alpha value is -1.10. The topological polar surface area (TPSA) is 69.6 Å². The Balaban J connectivity index is 2.54. The van der Waals surface area contributed by atoms with E-state index in [4.69, 9.17) is 0 Å². The summed E-state index contributed by atoms with van der Waals surface area (Å²) in [5, 5.41) is 12.1. The van der Waals surface area contributed by atoms with E-state index in [-0.39, 0.29) is 18.4 Å². The van der Waals surface area contributed by atoms with E-state index in [1.54, 1.807) is 0 Å². The summed E-state index contributed by atoms with van der Waals surface area (Å²) in [6.07, 6.45) is 5.05. The third kappa shape index (κ3) is 4.47. The van der Waals surface area contributed by atoms with Crippen molar-refractivity contribution in [1.82, 2.24) is 10.2 Å². The van der Waals surface area contributed by atoms with Gasteiger partial charge in [0.15, 0.2) is 0 Å². The summed E-state index contributed by atoms with van der Waals surface area (Å²) >= 11 is 0. The van der Waals surface area contributed by atoms with Crippen molar-refractivity contribution in [2.24, 2.45) is 5.92 Å². The number of carbonyl (C=O) groups is 2. The first kappa shape index (κ1) is 17.0. The van der Waals surface area contributed by atoms with E-state index >= 15 is 0 Å². The van der Waals surface area contributed by atoms with Crippen molar-refractivity contribution in [2.45, 2.75) is 65.0 Å². The van der Waals surface area contributed by atoms with E-state index in [1.807, 2.05) is 18.7 Å². The zero-order chi connectivity index (χ0) is 15.1. The fraction of sp³-hybridized carbons (Fsp3) is 0.867. The van der Waals surface area contributed by atoms with Crippen molar-refractivity contribution in [2.75, 3.05) is 13.1 Å². The van der Waals surface area contributed by atoms with Gasteiger partial charge < -0.3 is 10.0 Å². The van der Waals surface area contributed by atoms with Crippen LogP contribution in [0, 0.1) is 5.92 Å². The summed E-state index contributed by atoms with van der Waals surface area (Å²) in [7, 11) is 0. The molecule has 1 rings (SSSR count). The van der Waals surface area contributed by atoms with Gasteiger partial charge in [0.25, 0.3) is 0 Å². The molecule has 0 aliphatic carbocycles. The highest BCUT2D eigenvalue weighted by atomic mass is 16.4. The average Bonchev–Trinajstić information content (AvgIpc) is 2.46. The normalized spacial score (nSPS) is 22.4. The Morgan fingerprint density at radius 2 is 2.05 bits per heavy atom. The number of nitrogens with one attached hydrogen (secondary N) is 1. The lowest BCUT2D eigenvalue weighted by atomic mass is 9.98. The Morgan fingerprint density at radius 1 is 1.35 bits per heavy atom. The number of carboxylic acids is 1. The molecule has 0 aromatic rings. The number of piperidine rings is 1. The molecule has 1 aliphatic heterocycles. The van der Waals surface area contributed by atoms with E-state index < -0.39 is 12.0 Å². The lowest BCUT2D eigenvalue weighted by Crippen LogP contribution is -2.50. The quantitative estimate of drug-likeness (QED) is 0.749. The molecule has 1 unspecified atom stereocenters. The highest BCUT2D eigenvalue weighted by Crippen LogP contribution is 2.19. The third-order valence-corrected chi connectivity index (χ3v) is 4.37. The molecule has 1 heterocycles. The van der Waals surface area contributed by atoms with Gasteiger partial charge in [0.1, 0.15) is 6.04 Å². The molecular formula is C15H28N2O3. The maximum absolute atomic E-state index is 12.3. The second kappa shape index (κ2) is 8.25. The van der Waals surface area contributed by atoms with Crippen LogP contribution in [0.25, 0.3) is 0 Å². The van der Waals surface area contributed by atoms with E-state index in [2.05, 4.69) is 12.2 Å². The van der Waals surface area contributed by atoms with Crippen LogP contribution in [0.4, 0.5) is 0 Å². The van der Waals surface area contributed by atoms with Crippen molar-refractivity contribution < 1.29 is 14.7 Å². The van der Waals surface area contributed by atoms with E-state index in [1.165, 1.54) is 6.42 Å². The number of likely N-dealkylation sites (tertiary alicyclic amines) is 1.